The van der Waals surface area contributed by atoms with Crippen LogP contribution in [0, 0.1) is 17.7 Å². The lowest BCUT2D eigenvalue weighted by atomic mass is 9.82. The van der Waals surface area contributed by atoms with Gasteiger partial charge in [0.1, 0.15) is 11.6 Å². The second kappa shape index (κ2) is 8.81. The Hall–Kier alpha value is -1.88. The van der Waals surface area contributed by atoms with E-state index in [0.717, 1.165) is 23.2 Å². The van der Waals surface area contributed by atoms with Crippen LogP contribution in [0.5, 0.6) is 5.75 Å². The first-order valence-electron chi connectivity index (χ1n) is 10.9. The molecule has 1 aromatic carbocycles. The average Bonchev–Trinajstić information content (AvgIpc) is 3.48. The summed E-state index contributed by atoms with van der Waals surface area (Å²) in [6, 6.07) is 2.42. The quantitative estimate of drug-likeness (QED) is 0.598. The first-order chi connectivity index (χ1) is 15.0. The molecule has 0 radical (unpaired) electrons. The van der Waals surface area contributed by atoms with E-state index in [1.165, 1.54) is 6.07 Å². The Morgan fingerprint density at radius 2 is 1.75 bits per heavy atom. The first-order valence-corrected chi connectivity index (χ1v) is 12.3. The topological polar surface area (TPSA) is 75.7 Å². The van der Waals surface area contributed by atoms with Crippen molar-refractivity contribution in [3.05, 3.63) is 29.1 Å². The third-order valence-corrected chi connectivity index (χ3v) is 8.01. The van der Waals surface area contributed by atoms with Gasteiger partial charge >= 0.3 is 16.4 Å². The van der Waals surface area contributed by atoms with Gasteiger partial charge in [0, 0.05) is 19.2 Å². The number of rotatable bonds is 7. The van der Waals surface area contributed by atoms with Gasteiger partial charge in [-0.1, -0.05) is 0 Å². The van der Waals surface area contributed by atoms with E-state index < -0.39 is 34.0 Å². The number of carbonyl (C=O) groups is 1. The largest absolute Gasteiger partial charge is 0.493 e. The van der Waals surface area contributed by atoms with E-state index in [2.05, 4.69) is 0 Å². The van der Waals surface area contributed by atoms with Crippen LogP contribution in [-0.2, 0) is 10.2 Å². The number of halogens is 4. The molecular weight excluding hydrogens is 452 g/mol. The summed E-state index contributed by atoms with van der Waals surface area (Å²) in [4.78, 5) is 12.5. The molecule has 0 bridgehead atoms. The van der Waals surface area contributed by atoms with Crippen molar-refractivity contribution in [1.29, 1.82) is 0 Å². The Labute approximate surface area is 184 Å². The lowest BCUT2D eigenvalue weighted by Crippen LogP contribution is -2.49. The van der Waals surface area contributed by atoms with E-state index in [4.69, 9.17) is 4.74 Å². The third kappa shape index (κ3) is 5.19. The molecule has 1 N–H and O–H groups in total. The maximum atomic E-state index is 14.7. The van der Waals surface area contributed by atoms with Crippen LogP contribution < -0.4 is 9.46 Å². The highest BCUT2D eigenvalue weighted by Gasteiger charge is 2.41. The monoisotopic (exact) mass is 478 g/mol. The Morgan fingerprint density at radius 1 is 1.09 bits per heavy atom. The maximum Gasteiger partial charge on any atom is 0.391 e. The third-order valence-electron chi connectivity index (χ3n) is 6.52. The molecule has 32 heavy (non-hydrogen) atoms. The molecule has 1 aliphatic heterocycles. The van der Waals surface area contributed by atoms with Crippen molar-refractivity contribution in [1.82, 2.24) is 9.03 Å². The predicted molar refractivity (Wildman–Crippen MR) is 108 cm³/mol. The number of nitrogens with zero attached hydrogens (tertiary/aromatic N) is 1. The summed E-state index contributed by atoms with van der Waals surface area (Å²) >= 11 is 0. The van der Waals surface area contributed by atoms with Gasteiger partial charge in [-0.15, -0.1) is 0 Å². The molecule has 6 nitrogen and oxygen atoms in total. The van der Waals surface area contributed by atoms with Crippen LogP contribution in [0.1, 0.15) is 66.8 Å². The summed E-state index contributed by atoms with van der Waals surface area (Å²) < 4.78 is 86.3. The number of hydrogen-bond acceptors (Lipinski definition) is 4. The fraction of sp³-hybridized carbons (Fsp3) is 0.667. The Morgan fingerprint density at radius 3 is 2.28 bits per heavy atom. The number of amides is 1. The molecule has 0 unspecified atom stereocenters. The van der Waals surface area contributed by atoms with E-state index >= 15 is 0 Å². The van der Waals surface area contributed by atoms with Crippen LogP contribution in [0.15, 0.2) is 12.1 Å². The molecule has 4 rings (SSSR count). The van der Waals surface area contributed by atoms with Crippen molar-refractivity contribution in [2.45, 2.75) is 57.0 Å². The van der Waals surface area contributed by atoms with E-state index in [1.807, 2.05) is 4.72 Å². The minimum absolute atomic E-state index is 0.0478. The summed E-state index contributed by atoms with van der Waals surface area (Å²) in [5, 5.41) is 0. The van der Waals surface area contributed by atoms with Crippen molar-refractivity contribution in [2.75, 3.05) is 19.7 Å². The molecule has 178 valence electrons. The highest BCUT2D eigenvalue weighted by molar-refractivity contribution is 7.87. The maximum absolute atomic E-state index is 14.7. The molecule has 3 aliphatic rings. The molecule has 1 amide bonds. The first kappa shape index (κ1) is 23.3. The number of alkyl halides is 3. The van der Waals surface area contributed by atoms with E-state index in [0.29, 0.717) is 37.9 Å². The molecule has 11 heteroatoms. The van der Waals surface area contributed by atoms with Gasteiger partial charge in [-0.05, 0) is 68.4 Å². The lowest BCUT2D eigenvalue weighted by Gasteiger charge is -2.30. The van der Waals surface area contributed by atoms with Gasteiger partial charge in [-0.3, -0.25) is 4.79 Å². The van der Waals surface area contributed by atoms with Crippen LogP contribution >= 0.6 is 0 Å². The van der Waals surface area contributed by atoms with Gasteiger partial charge in [0.2, 0.25) is 0 Å². The fourth-order valence-corrected chi connectivity index (χ4v) is 5.42. The molecule has 1 heterocycles. The second-order valence-corrected chi connectivity index (χ2v) is 10.6. The Bertz CT molecular complexity index is 967. The van der Waals surface area contributed by atoms with Crippen molar-refractivity contribution < 1.29 is 35.5 Å². The average molecular weight is 479 g/mol. The number of benzene rings is 1. The summed E-state index contributed by atoms with van der Waals surface area (Å²) in [6.07, 6.45) is -0.886. The van der Waals surface area contributed by atoms with E-state index in [-0.39, 0.29) is 42.6 Å². The number of carbonyl (C=O) groups excluding carboxylic acids is 1. The fourth-order valence-electron chi connectivity index (χ4n) is 4.21. The summed E-state index contributed by atoms with van der Waals surface area (Å²) in [5.74, 6) is -2.90. The van der Waals surface area contributed by atoms with Gasteiger partial charge in [-0.2, -0.15) is 25.9 Å². The van der Waals surface area contributed by atoms with Gasteiger partial charge < -0.3 is 4.74 Å². The summed E-state index contributed by atoms with van der Waals surface area (Å²) in [7, 11) is -4.00. The lowest BCUT2D eigenvalue weighted by molar-refractivity contribution is -0.184. The zero-order valence-corrected chi connectivity index (χ0v) is 18.3. The normalized spacial score (nSPS) is 24.6. The minimum Gasteiger partial charge on any atom is -0.493 e. The number of hydrogen-bond donors (Lipinski definition) is 1. The number of nitrogens with one attached hydrogen (secondary N) is 1. The van der Waals surface area contributed by atoms with Crippen LogP contribution in [0.2, 0.25) is 0 Å². The molecular formula is C21H26F4N2O4S. The minimum atomic E-state index is -4.17. The van der Waals surface area contributed by atoms with Crippen LogP contribution in [0.25, 0.3) is 0 Å². The van der Waals surface area contributed by atoms with E-state index in [9.17, 15) is 30.8 Å². The van der Waals surface area contributed by atoms with Gasteiger partial charge in [0.15, 0.2) is 0 Å². The van der Waals surface area contributed by atoms with Gasteiger partial charge in [0.05, 0.1) is 18.1 Å². The Balaban J connectivity index is 1.42. The summed E-state index contributed by atoms with van der Waals surface area (Å²) in [6.45, 7) is 0.810. The van der Waals surface area contributed by atoms with Crippen LogP contribution in [0.3, 0.4) is 0 Å². The Kier molecular flexibility index (Phi) is 6.41. The zero-order valence-electron chi connectivity index (χ0n) is 17.5. The van der Waals surface area contributed by atoms with Crippen molar-refractivity contribution in [3.63, 3.8) is 0 Å². The molecule has 2 aliphatic carbocycles. The molecule has 0 aromatic heterocycles. The van der Waals surface area contributed by atoms with Crippen molar-refractivity contribution in [3.8, 4) is 5.75 Å². The molecule has 3 fully saturated rings. The molecule has 1 aromatic rings. The zero-order chi connectivity index (χ0) is 23.1. The van der Waals surface area contributed by atoms with Crippen LogP contribution in [0.4, 0.5) is 17.6 Å². The highest BCUT2D eigenvalue weighted by Crippen LogP contribution is 2.46. The SMILES string of the molecule is O=C(NS(=O)(=O)N1CCC1)c1cc(C2CC2)c(OC[C@H]2CC[C@H](C(F)(F)F)CC2)cc1F. The summed E-state index contributed by atoms with van der Waals surface area (Å²) in [5.41, 5.74) is 0.260. The standard InChI is InChI=1S/C21H26F4N2O4S/c22-18-11-19(31-12-13-2-6-15(7-3-13)21(23,24)25)16(14-4-5-14)10-17(18)20(28)26-32(29,30)27-8-1-9-27/h10-11,13-15H,1-9,12H2,(H,26,28)/t13-,15-. The van der Waals surface area contributed by atoms with Gasteiger partial charge in [0.25, 0.3) is 5.91 Å². The molecule has 2 saturated carbocycles. The number of ether oxygens (including phenoxy) is 1. The molecule has 1 saturated heterocycles. The molecule has 0 atom stereocenters. The second-order valence-electron chi connectivity index (χ2n) is 8.90. The van der Waals surface area contributed by atoms with Crippen LogP contribution in [-0.4, -0.2) is 44.5 Å². The highest BCUT2D eigenvalue weighted by atomic mass is 32.2. The van der Waals surface area contributed by atoms with Crippen molar-refractivity contribution >= 4 is 16.1 Å². The smallest absolute Gasteiger partial charge is 0.391 e. The molecule has 0 spiro atoms. The predicted octanol–water partition coefficient (Wildman–Crippen LogP) is 4.13. The van der Waals surface area contributed by atoms with E-state index in [1.54, 1.807) is 0 Å². The van der Waals surface area contributed by atoms with Crippen molar-refractivity contribution in [2.24, 2.45) is 11.8 Å². The van der Waals surface area contributed by atoms with Gasteiger partial charge in [-0.25, -0.2) is 9.11 Å².